The minimum absolute atomic E-state index is 1.04. The predicted octanol–water partition coefficient (Wildman–Crippen LogP) is 4.73. The first-order valence-corrected chi connectivity index (χ1v) is 8.69. The van der Waals surface area contributed by atoms with Crippen LogP contribution >= 0.6 is 15.9 Å². The van der Waals surface area contributed by atoms with Gasteiger partial charge in [-0.15, -0.1) is 0 Å². The monoisotopic (exact) mass is 347 g/mol. The van der Waals surface area contributed by atoms with Crippen LogP contribution in [0.25, 0.3) is 5.69 Å². The summed E-state index contributed by atoms with van der Waals surface area (Å²) in [5.41, 5.74) is 3.85. The second-order valence-corrected chi connectivity index (χ2v) is 6.57. The largest absolute Gasteiger partial charge is 0.370 e. The van der Waals surface area contributed by atoms with Crippen molar-refractivity contribution < 1.29 is 0 Å². The van der Waals surface area contributed by atoms with E-state index < -0.39 is 0 Å². The summed E-state index contributed by atoms with van der Waals surface area (Å²) in [6.07, 6.45) is 7.16. The van der Waals surface area contributed by atoms with E-state index in [4.69, 9.17) is 5.10 Å². The Morgan fingerprint density at radius 1 is 1.24 bits per heavy atom. The molecule has 21 heavy (non-hydrogen) atoms. The number of benzene rings is 1. The van der Waals surface area contributed by atoms with Crippen molar-refractivity contribution in [3.8, 4) is 5.69 Å². The van der Waals surface area contributed by atoms with Gasteiger partial charge in [-0.1, -0.05) is 29.3 Å². The molecular formula is C17H22BrN3. The molecule has 1 aromatic heterocycles. The number of aromatic nitrogens is 2. The number of hydrogen-bond donors (Lipinski definition) is 1. The topological polar surface area (TPSA) is 29.9 Å². The lowest BCUT2D eigenvalue weighted by Gasteiger charge is -2.09. The number of nitrogens with one attached hydrogen (secondary N) is 1. The van der Waals surface area contributed by atoms with E-state index >= 15 is 0 Å². The molecule has 0 atom stereocenters. The molecule has 2 aromatic rings. The molecule has 0 unspecified atom stereocenters. The molecule has 0 spiro atoms. The van der Waals surface area contributed by atoms with Gasteiger partial charge in [0, 0.05) is 16.6 Å². The first-order chi connectivity index (χ1) is 10.3. The molecule has 2 heterocycles. The molecule has 3 nitrogen and oxygen atoms in total. The van der Waals surface area contributed by atoms with Crippen molar-refractivity contribution in [2.75, 3.05) is 11.9 Å². The van der Waals surface area contributed by atoms with Crippen LogP contribution in [0.2, 0.25) is 0 Å². The van der Waals surface area contributed by atoms with Gasteiger partial charge in [0.25, 0.3) is 0 Å². The van der Waals surface area contributed by atoms with Gasteiger partial charge in [0.05, 0.1) is 11.4 Å². The lowest BCUT2D eigenvalue weighted by molar-refractivity contribution is 0.728. The molecule has 0 bridgehead atoms. The van der Waals surface area contributed by atoms with Crippen molar-refractivity contribution in [1.29, 1.82) is 0 Å². The van der Waals surface area contributed by atoms with Crippen molar-refractivity contribution in [2.45, 2.75) is 45.4 Å². The highest BCUT2D eigenvalue weighted by Gasteiger charge is 2.19. The Labute approximate surface area is 134 Å². The molecule has 0 amide bonds. The lowest BCUT2D eigenvalue weighted by Crippen LogP contribution is -2.07. The minimum atomic E-state index is 1.04. The highest BCUT2D eigenvalue weighted by Crippen LogP contribution is 2.29. The molecule has 3 rings (SSSR count). The van der Waals surface area contributed by atoms with Gasteiger partial charge in [-0.2, -0.15) is 5.10 Å². The second-order valence-electron chi connectivity index (χ2n) is 5.65. The summed E-state index contributed by atoms with van der Waals surface area (Å²) >= 11 is 3.50. The second kappa shape index (κ2) is 6.65. The molecule has 1 aromatic carbocycles. The van der Waals surface area contributed by atoms with E-state index in [-0.39, 0.29) is 0 Å². The highest BCUT2D eigenvalue weighted by molar-refractivity contribution is 9.10. The van der Waals surface area contributed by atoms with Gasteiger partial charge in [0.1, 0.15) is 5.82 Å². The van der Waals surface area contributed by atoms with Crippen molar-refractivity contribution >= 4 is 21.7 Å². The number of nitrogens with zero attached hydrogens (tertiary/aromatic N) is 2. The van der Waals surface area contributed by atoms with Crippen LogP contribution in [-0.4, -0.2) is 16.3 Å². The third-order valence-corrected chi connectivity index (χ3v) is 4.58. The number of aryl methyl sites for hydroxylation is 1. The van der Waals surface area contributed by atoms with Gasteiger partial charge in [-0.05, 0) is 56.4 Å². The molecular weight excluding hydrogens is 326 g/mol. The maximum absolute atomic E-state index is 4.91. The SMILES string of the molecule is CCCCc1nn(-c2ccc(Br)cc2)c2c1CCCCN2. The van der Waals surface area contributed by atoms with Gasteiger partial charge in [0.15, 0.2) is 0 Å². The number of unbranched alkanes of at least 4 members (excludes halogenated alkanes) is 1. The van der Waals surface area contributed by atoms with Crippen LogP contribution in [-0.2, 0) is 12.8 Å². The van der Waals surface area contributed by atoms with E-state index in [0.29, 0.717) is 0 Å². The quantitative estimate of drug-likeness (QED) is 0.866. The number of hydrogen-bond acceptors (Lipinski definition) is 2. The Balaban J connectivity index is 2.02. The van der Waals surface area contributed by atoms with Crippen molar-refractivity contribution in [3.63, 3.8) is 0 Å². The van der Waals surface area contributed by atoms with Gasteiger partial charge in [-0.3, -0.25) is 0 Å². The molecule has 4 heteroatoms. The predicted molar refractivity (Wildman–Crippen MR) is 91.3 cm³/mol. The van der Waals surface area contributed by atoms with E-state index in [9.17, 15) is 0 Å². The van der Waals surface area contributed by atoms with Crippen LogP contribution in [0.5, 0.6) is 0 Å². The molecule has 0 saturated heterocycles. The summed E-state index contributed by atoms with van der Waals surface area (Å²) in [6, 6.07) is 8.39. The van der Waals surface area contributed by atoms with E-state index in [0.717, 1.165) is 29.5 Å². The van der Waals surface area contributed by atoms with E-state index in [1.807, 2.05) is 0 Å². The number of rotatable bonds is 4. The third kappa shape index (κ3) is 3.15. The molecule has 1 aliphatic rings. The Kier molecular flexibility index (Phi) is 4.63. The van der Waals surface area contributed by atoms with Crippen LogP contribution < -0.4 is 5.32 Å². The van der Waals surface area contributed by atoms with Crippen LogP contribution in [0, 0.1) is 0 Å². The molecule has 112 valence electrons. The van der Waals surface area contributed by atoms with Crippen LogP contribution in [0.1, 0.15) is 43.9 Å². The fourth-order valence-electron chi connectivity index (χ4n) is 2.89. The zero-order chi connectivity index (χ0) is 14.7. The van der Waals surface area contributed by atoms with Crippen molar-refractivity contribution in [2.24, 2.45) is 0 Å². The number of fused-ring (bicyclic) bond motifs is 1. The molecule has 0 fully saturated rings. The summed E-state index contributed by atoms with van der Waals surface area (Å²) in [5.74, 6) is 1.21. The first-order valence-electron chi connectivity index (χ1n) is 7.90. The summed E-state index contributed by atoms with van der Waals surface area (Å²) in [6.45, 7) is 3.28. The zero-order valence-electron chi connectivity index (χ0n) is 12.5. The van der Waals surface area contributed by atoms with Crippen LogP contribution in [0.15, 0.2) is 28.7 Å². The van der Waals surface area contributed by atoms with E-state index in [2.05, 4.69) is 57.1 Å². The molecule has 0 saturated carbocycles. The fraction of sp³-hybridized carbons (Fsp3) is 0.471. The summed E-state index contributed by atoms with van der Waals surface area (Å²) in [4.78, 5) is 0. The molecule has 0 radical (unpaired) electrons. The maximum atomic E-state index is 4.91. The molecule has 1 N–H and O–H groups in total. The van der Waals surface area contributed by atoms with Crippen LogP contribution in [0.3, 0.4) is 0 Å². The Hall–Kier alpha value is -1.29. The molecule has 0 aliphatic carbocycles. The van der Waals surface area contributed by atoms with Gasteiger partial charge >= 0.3 is 0 Å². The normalized spacial score (nSPS) is 14.4. The lowest BCUT2D eigenvalue weighted by atomic mass is 10.1. The van der Waals surface area contributed by atoms with Crippen LogP contribution in [0.4, 0.5) is 5.82 Å². The van der Waals surface area contributed by atoms with Crippen molar-refractivity contribution in [3.05, 3.63) is 40.0 Å². The van der Waals surface area contributed by atoms with E-state index in [1.54, 1.807) is 0 Å². The average molecular weight is 348 g/mol. The Morgan fingerprint density at radius 2 is 2.05 bits per heavy atom. The summed E-state index contributed by atoms with van der Waals surface area (Å²) in [5, 5.41) is 8.50. The Morgan fingerprint density at radius 3 is 2.81 bits per heavy atom. The van der Waals surface area contributed by atoms with Gasteiger partial charge in [0.2, 0.25) is 0 Å². The number of anilines is 1. The third-order valence-electron chi connectivity index (χ3n) is 4.05. The minimum Gasteiger partial charge on any atom is -0.370 e. The smallest absolute Gasteiger partial charge is 0.133 e. The first kappa shape index (κ1) is 14.6. The molecule has 1 aliphatic heterocycles. The summed E-state index contributed by atoms with van der Waals surface area (Å²) in [7, 11) is 0. The Bertz CT molecular complexity index is 601. The van der Waals surface area contributed by atoms with Gasteiger partial charge in [-0.25, -0.2) is 4.68 Å². The highest BCUT2D eigenvalue weighted by atomic mass is 79.9. The number of halogens is 1. The van der Waals surface area contributed by atoms with E-state index in [1.165, 1.54) is 42.8 Å². The van der Waals surface area contributed by atoms with Gasteiger partial charge < -0.3 is 5.32 Å². The fourth-order valence-corrected chi connectivity index (χ4v) is 3.15. The summed E-state index contributed by atoms with van der Waals surface area (Å²) < 4.78 is 3.20. The maximum Gasteiger partial charge on any atom is 0.133 e. The van der Waals surface area contributed by atoms with Crippen molar-refractivity contribution in [1.82, 2.24) is 9.78 Å². The average Bonchev–Trinajstić information content (AvgIpc) is 2.68. The zero-order valence-corrected chi connectivity index (χ0v) is 14.1. The standard InChI is InChI=1S/C17H22BrN3/c1-2-3-7-16-15-6-4-5-12-19-17(15)21(20-16)14-10-8-13(18)9-11-14/h8-11,19H,2-7,12H2,1H3.